The molecule has 0 amide bonds. The molecule has 0 spiro atoms. The molecular formula is C28H51NO9S. The van der Waals surface area contributed by atoms with Crippen LogP contribution in [0.3, 0.4) is 0 Å². The molecule has 0 heterocycles. The van der Waals surface area contributed by atoms with Crippen molar-refractivity contribution in [3.8, 4) is 0 Å². The molecule has 228 valence electrons. The van der Waals surface area contributed by atoms with Gasteiger partial charge in [-0.15, -0.1) is 6.58 Å². The number of allylic oxidation sites excluding steroid dienone is 2. The van der Waals surface area contributed by atoms with E-state index in [0.717, 1.165) is 38.5 Å². The normalized spacial score (nSPS) is 13.3. The van der Waals surface area contributed by atoms with E-state index < -0.39 is 46.4 Å². The molecule has 0 radical (unpaired) electrons. The van der Waals surface area contributed by atoms with E-state index >= 15 is 0 Å². The Balaban J connectivity index is 4.01. The number of unbranched alkanes of at least 4 members (excludes halogenated alkanes) is 12. The Morgan fingerprint density at radius 3 is 2.00 bits per heavy atom. The number of nitrogens with two attached hydrogens (primary N) is 1. The molecular weight excluding hydrogens is 526 g/mol. The van der Waals surface area contributed by atoms with Gasteiger partial charge in [-0.2, -0.15) is 18.6 Å². The van der Waals surface area contributed by atoms with Crippen molar-refractivity contribution >= 4 is 22.1 Å². The summed E-state index contributed by atoms with van der Waals surface area (Å²) in [6, 6.07) is 0. The molecule has 10 nitrogen and oxygen atoms in total. The maximum Gasteiger partial charge on any atom is 0.327 e. The van der Waals surface area contributed by atoms with Gasteiger partial charge >= 0.3 is 11.9 Å². The molecule has 0 aliphatic heterocycles. The van der Waals surface area contributed by atoms with E-state index in [9.17, 15) is 23.1 Å². The average Bonchev–Trinajstić information content (AvgIpc) is 2.92. The Morgan fingerprint density at radius 1 is 0.872 bits per heavy atom. The second kappa shape index (κ2) is 25.2. The van der Waals surface area contributed by atoms with Gasteiger partial charge in [-0.05, 0) is 32.1 Å². The van der Waals surface area contributed by atoms with E-state index in [4.69, 9.17) is 20.1 Å². The van der Waals surface area contributed by atoms with Gasteiger partial charge in [0.15, 0.2) is 5.25 Å². The van der Waals surface area contributed by atoms with Crippen molar-refractivity contribution in [3.63, 3.8) is 0 Å². The highest BCUT2D eigenvalue weighted by molar-refractivity contribution is 7.88. The Morgan fingerprint density at radius 2 is 1.44 bits per heavy atom. The number of esters is 2. The third-order valence-electron chi connectivity index (χ3n) is 5.98. The Hall–Kier alpha value is -1.79. The largest absolute Gasteiger partial charge is 0.466 e. The summed E-state index contributed by atoms with van der Waals surface area (Å²) in [5.74, 6) is 2.60. The molecule has 39 heavy (non-hydrogen) atoms. The van der Waals surface area contributed by atoms with Crippen LogP contribution >= 0.6 is 0 Å². The first-order chi connectivity index (χ1) is 18.8. The smallest absolute Gasteiger partial charge is 0.327 e. The van der Waals surface area contributed by atoms with Crippen LogP contribution in [0.5, 0.6) is 0 Å². The molecule has 0 aromatic heterocycles. The Bertz CT molecular complexity index is 771. The highest BCUT2D eigenvalue weighted by atomic mass is 32.2. The van der Waals surface area contributed by atoms with E-state index in [-0.39, 0.29) is 19.8 Å². The number of rotatable bonds is 27. The van der Waals surface area contributed by atoms with Gasteiger partial charge in [-0.3, -0.25) is 9.59 Å². The van der Waals surface area contributed by atoms with Crippen molar-refractivity contribution in [2.75, 3.05) is 26.4 Å². The summed E-state index contributed by atoms with van der Waals surface area (Å²) >= 11 is 0. The molecule has 3 N–H and O–H groups in total. The van der Waals surface area contributed by atoms with Gasteiger partial charge < -0.3 is 19.3 Å². The zero-order chi connectivity index (χ0) is 29.2. The van der Waals surface area contributed by atoms with Gasteiger partial charge in [-0.1, -0.05) is 82.9 Å². The summed E-state index contributed by atoms with van der Waals surface area (Å²) in [5.41, 5.74) is 0. The van der Waals surface area contributed by atoms with E-state index in [1.54, 1.807) is 0 Å². The third-order valence-corrected chi connectivity index (χ3v) is 7.30. The van der Waals surface area contributed by atoms with Crippen molar-refractivity contribution in [1.82, 2.24) is 0 Å². The van der Waals surface area contributed by atoms with Crippen LogP contribution in [0.4, 0.5) is 0 Å². The number of hydrogen-bond acceptors (Lipinski definition) is 10. The highest BCUT2D eigenvalue weighted by Gasteiger charge is 2.38. The molecule has 0 bridgehead atoms. The highest BCUT2D eigenvalue weighted by Crippen LogP contribution is 2.13. The summed E-state index contributed by atoms with van der Waals surface area (Å²) in [6.07, 6.45) is 20.2. The van der Waals surface area contributed by atoms with E-state index in [0.29, 0.717) is 6.42 Å². The first kappa shape index (κ1) is 37.2. The third kappa shape index (κ3) is 21.7. The van der Waals surface area contributed by atoms with Crippen LogP contribution in [0.2, 0.25) is 0 Å². The van der Waals surface area contributed by atoms with Crippen molar-refractivity contribution < 1.29 is 41.6 Å². The number of aliphatic hydroxyl groups excluding tert-OH is 1. The molecule has 0 aromatic rings. The Kier molecular flexibility index (Phi) is 24.0. The maximum absolute atomic E-state index is 12.2. The second-order valence-electron chi connectivity index (χ2n) is 9.55. The molecule has 0 rings (SSSR count). The number of hydrogen-bond donors (Lipinski definition) is 2. The van der Waals surface area contributed by atoms with Gasteiger partial charge in [0.25, 0.3) is 10.1 Å². The average molecular weight is 578 g/mol. The summed E-state index contributed by atoms with van der Waals surface area (Å²) in [4.78, 5) is 24.4. The molecule has 0 saturated heterocycles. The molecule has 0 saturated carbocycles. The Labute approximate surface area is 235 Å². The van der Waals surface area contributed by atoms with Crippen LogP contribution in [0.1, 0.15) is 103 Å². The van der Waals surface area contributed by atoms with E-state index in [1.165, 1.54) is 51.0 Å². The topological polar surface area (TPSA) is 151 Å². The van der Waals surface area contributed by atoms with E-state index in [2.05, 4.69) is 29.9 Å². The fourth-order valence-corrected chi connectivity index (χ4v) is 4.50. The minimum atomic E-state index is -4.61. The molecule has 11 heteroatoms. The van der Waals surface area contributed by atoms with E-state index in [1.807, 2.05) is 0 Å². The summed E-state index contributed by atoms with van der Waals surface area (Å²) in [6.45, 7) is 5.31. The standard InChI is InChI=1S/C28H51NO9S/c1-3-5-6-7-8-9-10-11-12-13-14-15-16-17-18-19-21-36-27(31)22-26(39(33,34)38-29)28(32)37-24-25(30)23-35-20-4-2/h4,11-12,25-26,30H,2-3,5-10,13-24,29H2,1H3/b12-11+. The lowest BCUT2D eigenvalue weighted by molar-refractivity contribution is -0.152. The fraction of sp³-hybridized carbons (Fsp3) is 0.786. The lowest BCUT2D eigenvalue weighted by Crippen LogP contribution is -2.38. The first-order valence-corrected chi connectivity index (χ1v) is 15.7. The number of aliphatic hydroxyl groups is 1. The quantitative estimate of drug-likeness (QED) is 0.0610. The van der Waals surface area contributed by atoms with Gasteiger partial charge in [0, 0.05) is 0 Å². The molecule has 0 aliphatic carbocycles. The monoisotopic (exact) mass is 577 g/mol. The lowest BCUT2D eigenvalue weighted by Gasteiger charge is -2.16. The SMILES string of the molecule is C=CCOCC(O)COC(=O)C(CC(=O)OCCCCCCCC/C=C/CCCCCCCC)S(=O)(=O)ON. The van der Waals surface area contributed by atoms with Crippen LogP contribution in [0, 0.1) is 0 Å². The minimum absolute atomic E-state index is 0.116. The summed E-state index contributed by atoms with van der Waals surface area (Å²) in [7, 11) is -4.61. The second-order valence-corrected chi connectivity index (χ2v) is 11.3. The molecule has 0 aliphatic rings. The maximum atomic E-state index is 12.2. The van der Waals surface area contributed by atoms with Crippen LogP contribution in [-0.4, -0.2) is 63.2 Å². The fourth-order valence-electron chi connectivity index (χ4n) is 3.72. The predicted molar refractivity (Wildman–Crippen MR) is 151 cm³/mol. The van der Waals surface area contributed by atoms with Crippen molar-refractivity contribution in [2.45, 2.75) is 115 Å². The first-order valence-electron chi connectivity index (χ1n) is 14.2. The zero-order valence-corrected chi connectivity index (χ0v) is 24.5. The zero-order valence-electron chi connectivity index (χ0n) is 23.7. The van der Waals surface area contributed by atoms with Crippen molar-refractivity contribution in [3.05, 3.63) is 24.8 Å². The summed E-state index contributed by atoms with van der Waals surface area (Å²) < 4.78 is 42.8. The van der Waals surface area contributed by atoms with Crippen LogP contribution in [0.25, 0.3) is 0 Å². The molecule has 0 aromatic carbocycles. The molecule has 2 atom stereocenters. The van der Waals surface area contributed by atoms with Crippen molar-refractivity contribution in [2.24, 2.45) is 5.90 Å². The minimum Gasteiger partial charge on any atom is -0.466 e. The number of carbonyl (C=O) groups excluding carboxylic acids is 2. The molecule has 0 fully saturated rings. The van der Waals surface area contributed by atoms with Crippen LogP contribution in [-0.2, 0) is 38.2 Å². The predicted octanol–water partition coefficient (Wildman–Crippen LogP) is 4.65. The number of carbonyl (C=O) groups is 2. The number of ether oxygens (including phenoxy) is 3. The van der Waals surface area contributed by atoms with Crippen LogP contribution < -0.4 is 5.90 Å². The van der Waals surface area contributed by atoms with Gasteiger partial charge in [-0.25, -0.2) is 0 Å². The van der Waals surface area contributed by atoms with Gasteiger partial charge in [0.05, 0.1) is 26.2 Å². The van der Waals surface area contributed by atoms with Gasteiger partial charge in [0.1, 0.15) is 12.7 Å². The van der Waals surface area contributed by atoms with Crippen molar-refractivity contribution in [1.29, 1.82) is 0 Å². The molecule has 2 unspecified atom stereocenters. The summed E-state index contributed by atoms with van der Waals surface area (Å²) in [5, 5.41) is 7.72. The van der Waals surface area contributed by atoms with Crippen LogP contribution in [0.15, 0.2) is 24.8 Å². The lowest BCUT2D eigenvalue weighted by atomic mass is 10.1. The van der Waals surface area contributed by atoms with Gasteiger partial charge in [0.2, 0.25) is 0 Å².